The molecule has 2 aliphatic heterocycles. The summed E-state index contributed by atoms with van der Waals surface area (Å²) in [7, 11) is 0. The average Bonchev–Trinajstić information content (AvgIpc) is 3.08. The van der Waals surface area contributed by atoms with E-state index in [1.165, 1.54) is 30.0 Å². The molecule has 2 aromatic carbocycles. The first kappa shape index (κ1) is 25.1. The van der Waals surface area contributed by atoms with Gasteiger partial charge in [0.15, 0.2) is 0 Å². The Morgan fingerprint density at radius 2 is 1.58 bits per heavy atom. The third kappa shape index (κ3) is 5.00. The molecule has 0 unspecified atom stereocenters. The van der Waals surface area contributed by atoms with Crippen LogP contribution in [0.1, 0.15) is 82.0 Å². The molecule has 0 radical (unpaired) electrons. The van der Waals surface area contributed by atoms with Crippen molar-refractivity contribution in [3.05, 3.63) is 64.7 Å². The molecule has 0 aliphatic carbocycles. The summed E-state index contributed by atoms with van der Waals surface area (Å²) < 4.78 is 5.06. The smallest absolute Gasteiger partial charge is 0.308 e. The van der Waals surface area contributed by atoms with Gasteiger partial charge in [-0.15, -0.1) is 0 Å². The van der Waals surface area contributed by atoms with Crippen molar-refractivity contribution in [2.24, 2.45) is 0 Å². The predicted octanol–water partition coefficient (Wildman–Crippen LogP) is 3.04. The predicted molar refractivity (Wildman–Crippen MR) is 131 cm³/mol. The van der Waals surface area contributed by atoms with E-state index in [0.29, 0.717) is 48.4 Å². The van der Waals surface area contributed by atoms with Crippen molar-refractivity contribution >= 4 is 29.6 Å². The van der Waals surface area contributed by atoms with E-state index in [1.807, 2.05) is 0 Å². The lowest BCUT2D eigenvalue weighted by molar-refractivity contribution is -0.131. The van der Waals surface area contributed by atoms with Crippen LogP contribution in [0.4, 0.5) is 0 Å². The highest BCUT2D eigenvalue weighted by Crippen LogP contribution is 2.30. The molecular weight excluding hydrogens is 462 g/mol. The van der Waals surface area contributed by atoms with E-state index >= 15 is 0 Å². The van der Waals surface area contributed by atoms with Crippen molar-refractivity contribution < 1.29 is 28.7 Å². The summed E-state index contributed by atoms with van der Waals surface area (Å²) in [5, 5.41) is 2.98. The molecule has 2 heterocycles. The van der Waals surface area contributed by atoms with Gasteiger partial charge in [-0.1, -0.05) is 6.07 Å². The molecular formula is C27H29N3O6. The second-order valence-corrected chi connectivity index (χ2v) is 10.0. The van der Waals surface area contributed by atoms with Crippen molar-refractivity contribution in [3.63, 3.8) is 0 Å². The third-order valence-corrected chi connectivity index (χ3v) is 6.28. The maximum Gasteiger partial charge on any atom is 0.308 e. The molecule has 0 bridgehead atoms. The molecule has 1 fully saturated rings. The van der Waals surface area contributed by atoms with Crippen molar-refractivity contribution in [1.29, 1.82) is 0 Å². The number of carbonyl (C=O) groups is 5. The molecule has 9 nitrogen and oxygen atoms in total. The summed E-state index contributed by atoms with van der Waals surface area (Å²) in [6, 6.07) is 10.9. The van der Waals surface area contributed by atoms with Crippen molar-refractivity contribution in [3.8, 4) is 5.75 Å². The van der Waals surface area contributed by atoms with Gasteiger partial charge in [-0.3, -0.25) is 28.9 Å². The van der Waals surface area contributed by atoms with E-state index in [1.54, 1.807) is 49.9 Å². The fourth-order valence-electron chi connectivity index (χ4n) is 4.53. The number of amides is 4. The van der Waals surface area contributed by atoms with Gasteiger partial charge in [0.25, 0.3) is 23.6 Å². The molecule has 0 spiro atoms. The summed E-state index contributed by atoms with van der Waals surface area (Å²) in [5.74, 6) is -1.39. The fourth-order valence-corrected chi connectivity index (χ4v) is 4.53. The molecule has 4 rings (SSSR count). The Morgan fingerprint density at radius 3 is 2.22 bits per heavy atom. The minimum Gasteiger partial charge on any atom is -0.427 e. The molecule has 2 aromatic rings. The van der Waals surface area contributed by atoms with Crippen LogP contribution in [0.3, 0.4) is 0 Å². The molecule has 0 aromatic heterocycles. The zero-order valence-corrected chi connectivity index (χ0v) is 20.8. The van der Waals surface area contributed by atoms with Gasteiger partial charge in [-0.25, -0.2) is 0 Å². The number of benzene rings is 2. The van der Waals surface area contributed by atoms with Crippen LogP contribution in [-0.4, -0.2) is 64.1 Å². The van der Waals surface area contributed by atoms with Crippen molar-refractivity contribution in [1.82, 2.24) is 15.1 Å². The van der Waals surface area contributed by atoms with Gasteiger partial charge in [0.2, 0.25) is 0 Å². The SMILES string of the molecule is CC(=O)Oc1cccc(C(=O)N2CCC(NC(=O)c3ccc4c(c3)C(=O)N(C(C)(C)C)C4=O)CC2)c1. The third-order valence-electron chi connectivity index (χ3n) is 6.28. The number of ether oxygens (including phenoxy) is 1. The van der Waals surface area contributed by atoms with Gasteiger partial charge >= 0.3 is 5.97 Å². The van der Waals surface area contributed by atoms with Crippen LogP contribution in [0.15, 0.2) is 42.5 Å². The maximum absolute atomic E-state index is 12.9. The number of likely N-dealkylation sites (tertiary alicyclic amines) is 1. The Balaban J connectivity index is 1.37. The first-order valence-corrected chi connectivity index (χ1v) is 11.9. The Bertz CT molecular complexity index is 1250. The number of hydrogen-bond donors (Lipinski definition) is 1. The lowest BCUT2D eigenvalue weighted by Gasteiger charge is -2.32. The fraction of sp³-hybridized carbons (Fsp3) is 0.370. The Hall–Kier alpha value is -4.01. The van der Waals surface area contributed by atoms with E-state index < -0.39 is 17.4 Å². The second kappa shape index (κ2) is 9.56. The van der Waals surface area contributed by atoms with E-state index in [0.717, 1.165) is 0 Å². The molecule has 188 valence electrons. The van der Waals surface area contributed by atoms with Crippen LogP contribution < -0.4 is 10.1 Å². The van der Waals surface area contributed by atoms with E-state index in [-0.39, 0.29) is 29.3 Å². The van der Waals surface area contributed by atoms with Crippen LogP contribution in [-0.2, 0) is 4.79 Å². The zero-order valence-electron chi connectivity index (χ0n) is 20.8. The normalized spacial score (nSPS) is 16.1. The first-order valence-electron chi connectivity index (χ1n) is 11.9. The Labute approximate surface area is 209 Å². The Kier molecular flexibility index (Phi) is 6.67. The molecule has 4 amide bonds. The van der Waals surface area contributed by atoms with Gasteiger partial charge in [0, 0.05) is 42.7 Å². The number of piperidine rings is 1. The maximum atomic E-state index is 12.9. The van der Waals surface area contributed by atoms with Crippen LogP contribution >= 0.6 is 0 Å². The van der Waals surface area contributed by atoms with E-state index in [2.05, 4.69) is 5.32 Å². The Morgan fingerprint density at radius 1 is 0.917 bits per heavy atom. The zero-order chi connectivity index (χ0) is 26.2. The average molecular weight is 492 g/mol. The summed E-state index contributed by atoms with van der Waals surface area (Å²) in [6.45, 7) is 7.58. The van der Waals surface area contributed by atoms with Crippen molar-refractivity contribution in [2.45, 2.75) is 52.1 Å². The monoisotopic (exact) mass is 491 g/mol. The highest BCUT2D eigenvalue weighted by atomic mass is 16.5. The molecule has 0 atom stereocenters. The highest BCUT2D eigenvalue weighted by Gasteiger charge is 2.42. The molecule has 0 saturated carbocycles. The van der Waals surface area contributed by atoms with Crippen LogP contribution in [0.5, 0.6) is 5.75 Å². The second-order valence-electron chi connectivity index (χ2n) is 10.0. The number of imide groups is 1. The van der Waals surface area contributed by atoms with Crippen molar-refractivity contribution in [2.75, 3.05) is 13.1 Å². The number of rotatable bonds is 4. The summed E-state index contributed by atoms with van der Waals surface area (Å²) in [4.78, 5) is 65.4. The molecule has 1 saturated heterocycles. The summed E-state index contributed by atoms with van der Waals surface area (Å²) in [6.07, 6.45) is 1.14. The van der Waals surface area contributed by atoms with Gasteiger partial charge in [0.05, 0.1) is 11.1 Å². The number of nitrogens with zero attached hydrogens (tertiary/aromatic N) is 2. The summed E-state index contributed by atoms with van der Waals surface area (Å²) >= 11 is 0. The number of carbonyl (C=O) groups excluding carboxylic acids is 5. The van der Waals surface area contributed by atoms with E-state index in [4.69, 9.17) is 4.74 Å². The van der Waals surface area contributed by atoms with E-state index in [9.17, 15) is 24.0 Å². The minimum absolute atomic E-state index is 0.134. The van der Waals surface area contributed by atoms with Crippen LogP contribution in [0.2, 0.25) is 0 Å². The number of nitrogens with one attached hydrogen (secondary N) is 1. The quantitative estimate of drug-likeness (QED) is 0.400. The lowest BCUT2D eigenvalue weighted by atomic mass is 10.0. The van der Waals surface area contributed by atoms with Gasteiger partial charge in [-0.2, -0.15) is 0 Å². The molecule has 1 N–H and O–H groups in total. The largest absolute Gasteiger partial charge is 0.427 e. The highest BCUT2D eigenvalue weighted by molar-refractivity contribution is 6.22. The molecule has 36 heavy (non-hydrogen) atoms. The standard InChI is InChI=1S/C27H29N3O6/c1-16(31)36-20-7-5-6-18(14-20)24(33)29-12-10-19(11-13-29)28-23(32)17-8-9-21-22(15-17)26(35)30(25(21)34)27(2,3)4/h5-9,14-15,19H,10-13H2,1-4H3,(H,28,32). The molecule has 9 heteroatoms. The number of esters is 1. The van der Waals surface area contributed by atoms with Crippen LogP contribution in [0.25, 0.3) is 0 Å². The number of hydrogen-bond acceptors (Lipinski definition) is 6. The topological polar surface area (TPSA) is 113 Å². The summed E-state index contributed by atoms with van der Waals surface area (Å²) in [5.41, 5.74) is 0.613. The first-order chi connectivity index (χ1) is 17.0. The van der Waals surface area contributed by atoms with Crippen LogP contribution in [0, 0.1) is 0 Å². The van der Waals surface area contributed by atoms with Gasteiger partial charge < -0.3 is 15.0 Å². The lowest BCUT2D eigenvalue weighted by Crippen LogP contribution is -2.46. The minimum atomic E-state index is -0.664. The molecule has 2 aliphatic rings. The van der Waals surface area contributed by atoms with Gasteiger partial charge in [0.1, 0.15) is 5.75 Å². The van der Waals surface area contributed by atoms with Gasteiger partial charge in [-0.05, 0) is 70.0 Å². The number of fused-ring (bicyclic) bond motifs is 1.